The van der Waals surface area contributed by atoms with E-state index in [0.717, 1.165) is 12.3 Å². The second-order valence-corrected chi connectivity index (χ2v) is 4.46. The van der Waals surface area contributed by atoms with Crippen LogP contribution >= 0.6 is 0 Å². The van der Waals surface area contributed by atoms with Crippen LogP contribution in [0.15, 0.2) is 24.3 Å². The topological polar surface area (TPSA) is 50.8 Å². The van der Waals surface area contributed by atoms with Gasteiger partial charge in [0.2, 0.25) is 0 Å². The van der Waals surface area contributed by atoms with Crippen LogP contribution in [0, 0.1) is 0 Å². The van der Waals surface area contributed by atoms with Crippen LogP contribution in [-0.2, 0) is 16.1 Å². The predicted molar refractivity (Wildman–Crippen MR) is 72.1 cm³/mol. The van der Waals surface area contributed by atoms with Crippen LogP contribution in [0.25, 0.3) is 0 Å². The minimum Gasteiger partial charge on any atom is -0.484 e. The standard InChI is InChI=1S/C14H20N2O3/c1-15-10-12-2-4-13(5-3-12)19-11-14(17)16-6-8-18-9-7-16/h2-5,15H,6-11H2,1H3. The number of ether oxygens (including phenoxy) is 2. The van der Waals surface area contributed by atoms with E-state index < -0.39 is 0 Å². The highest BCUT2D eigenvalue weighted by Gasteiger charge is 2.16. The lowest BCUT2D eigenvalue weighted by Crippen LogP contribution is -2.42. The summed E-state index contributed by atoms with van der Waals surface area (Å²) in [6, 6.07) is 7.76. The number of hydrogen-bond donors (Lipinski definition) is 1. The molecule has 1 heterocycles. The molecule has 0 radical (unpaired) electrons. The molecule has 0 aromatic heterocycles. The van der Waals surface area contributed by atoms with E-state index in [9.17, 15) is 4.79 Å². The number of nitrogens with zero attached hydrogens (tertiary/aromatic N) is 1. The van der Waals surface area contributed by atoms with Crippen molar-refractivity contribution in [2.24, 2.45) is 0 Å². The molecule has 1 aromatic carbocycles. The minimum atomic E-state index is 0.0163. The lowest BCUT2D eigenvalue weighted by molar-refractivity contribution is -0.137. The van der Waals surface area contributed by atoms with Crippen molar-refractivity contribution in [3.8, 4) is 5.75 Å². The molecule has 0 bridgehead atoms. The Morgan fingerprint density at radius 3 is 2.63 bits per heavy atom. The maximum Gasteiger partial charge on any atom is 0.260 e. The molecule has 1 N–H and O–H groups in total. The first-order valence-electron chi connectivity index (χ1n) is 6.51. The van der Waals surface area contributed by atoms with E-state index in [4.69, 9.17) is 9.47 Å². The zero-order valence-electron chi connectivity index (χ0n) is 11.2. The minimum absolute atomic E-state index is 0.0163. The van der Waals surface area contributed by atoms with Gasteiger partial charge in [-0.05, 0) is 24.7 Å². The van der Waals surface area contributed by atoms with E-state index >= 15 is 0 Å². The fourth-order valence-electron chi connectivity index (χ4n) is 1.96. The molecule has 5 nitrogen and oxygen atoms in total. The summed E-state index contributed by atoms with van der Waals surface area (Å²) < 4.78 is 10.7. The molecule has 0 saturated carbocycles. The lowest BCUT2D eigenvalue weighted by atomic mass is 10.2. The zero-order chi connectivity index (χ0) is 13.5. The van der Waals surface area contributed by atoms with Crippen molar-refractivity contribution in [2.75, 3.05) is 40.0 Å². The fourth-order valence-corrected chi connectivity index (χ4v) is 1.96. The summed E-state index contributed by atoms with van der Waals surface area (Å²) in [5, 5.41) is 3.08. The Balaban J connectivity index is 1.79. The fraction of sp³-hybridized carbons (Fsp3) is 0.500. The molecule has 0 spiro atoms. The Labute approximate surface area is 113 Å². The first-order chi connectivity index (χ1) is 9.29. The molecule has 1 aliphatic heterocycles. The number of amides is 1. The first-order valence-corrected chi connectivity index (χ1v) is 6.51. The number of nitrogens with one attached hydrogen (secondary N) is 1. The van der Waals surface area contributed by atoms with Gasteiger partial charge in [0.1, 0.15) is 5.75 Å². The van der Waals surface area contributed by atoms with Gasteiger partial charge in [0, 0.05) is 19.6 Å². The van der Waals surface area contributed by atoms with Gasteiger partial charge in [-0.2, -0.15) is 0 Å². The van der Waals surface area contributed by atoms with E-state index in [1.165, 1.54) is 5.56 Å². The van der Waals surface area contributed by atoms with Crippen molar-refractivity contribution in [2.45, 2.75) is 6.54 Å². The number of benzene rings is 1. The number of hydrogen-bond acceptors (Lipinski definition) is 4. The van der Waals surface area contributed by atoms with Crippen LogP contribution < -0.4 is 10.1 Å². The van der Waals surface area contributed by atoms with Crippen molar-refractivity contribution >= 4 is 5.91 Å². The van der Waals surface area contributed by atoms with Crippen molar-refractivity contribution in [1.29, 1.82) is 0 Å². The Morgan fingerprint density at radius 2 is 2.00 bits per heavy atom. The second kappa shape index (κ2) is 7.11. The molecule has 1 aromatic rings. The maximum absolute atomic E-state index is 11.9. The smallest absolute Gasteiger partial charge is 0.260 e. The van der Waals surface area contributed by atoms with Gasteiger partial charge in [-0.15, -0.1) is 0 Å². The van der Waals surface area contributed by atoms with Gasteiger partial charge < -0.3 is 19.7 Å². The number of rotatable bonds is 5. The summed E-state index contributed by atoms with van der Waals surface area (Å²) >= 11 is 0. The largest absolute Gasteiger partial charge is 0.484 e. The quantitative estimate of drug-likeness (QED) is 0.848. The van der Waals surface area contributed by atoms with Gasteiger partial charge in [-0.25, -0.2) is 0 Å². The van der Waals surface area contributed by atoms with Gasteiger partial charge in [-0.3, -0.25) is 4.79 Å². The average Bonchev–Trinajstić information content (AvgIpc) is 2.47. The van der Waals surface area contributed by atoms with E-state index in [-0.39, 0.29) is 12.5 Å². The molecule has 0 atom stereocenters. The predicted octanol–water partition coefficient (Wildman–Crippen LogP) is 0.644. The molecular weight excluding hydrogens is 244 g/mol. The number of morpholine rings is 1. The van der Waals surface area contributed by atoms with Crippen LogP contribution in [0.3, 0.4) is 0 Å². The van der Waals surface area contributed by atoms with Crippen LogP contribution in [0.2, 0.25) is 0 Å². The molecule has 5 heteroatoms. The van der Waals surface area contributed by atoms with Crippen LogP contribution in [0.4, 0.5) is 0 Å². The monoisotopic (exact) mass is 264 g/mol. The highest BCUT2D eigenvalue weighted by molar-refractivity contribution is 5.77. The molecular formula is C14H20N2O3. The van der Waals surface area contributed by atoms with Crippen LogP contribution in [-0.4, -0.2) is 50.8 Å². The number of carbonyl (C=O) groups excluding carboxylic acids is 1. The molecule has 1 fully saturated rings. The molecule has 19 heavy (non-hydrogen) atoms. The van der Waals surface area contributed by atoms with Crippen molar-refractivity contribution < 1.29 is 14.3 Å². The summed E-state index contributed by atoms with van der Waals surface area (Å²) in [5.74, 6) is 0.740. The Hall–Kier alpha value is -1.59. The third-order valence-electron chi connectivity index (χ3n) is 3.03. The van der Waals surface area contributed by atoms with Gasteiger partial charge in [-0.1, -0.05) is 12.1 Å². The van der Waals surface area contributed by atoms with E-state index in [1.54, 1.807) is 4.90 Å². The summed E-state index contributed by atoms with van der Waals surface area (Å²) in [4.78, 5) is 13.7. The van der Waals surface area contributed by atoms with Gasteiger partial charge >= 0.3 is 0 Å². The summed E-state index contributed by atoms with van der Waals surface area (Å²) in [6.07, 6.45) is 0. The highest BCUT2D eigenvalue weighted by atomic mass is 16.5. The van der Waals surface area contributed by atoms with Crippen molar-refractivity contribution in [1.82, 2.24) is 10.2 Å². The molecule has 0 unspecified atom stereocenters. The summed E-state index contributed by atoms with van der Waals surface area (Å²) in [6.45, 7) is 3.46. The molecule has 1 amide bonds. The van der Waals surface area contributed by atoms with Crippen LogP contribution in [0.1, 0.15) is 5.56 Å². The normalized spacial score (nSPS) is 15.3. The molecule has 104 valence electrons. The van der Waals surface area contributed by atoms with Crippen LogP contribution in [0.5, 0.6) is 5.75 Å². The van der Waals surface area contributed by atoms with E-state index in [2.05, 4.69) is 5.32 Å². The Kier molecular flexibility index (Phi) is 5.18. The number of carbonyl (C=O) groups is 1. The SMILES string of the molecule is CNCc1ccc(OCC(=O)N2CCOCC2)cc1. The van der Waals surface area contributed by atoms with Gasteiger partial charge in [0.15, 0.2) is 6.61 Å². The Bertz CT molecular complexity index is 400. The van der Waals surface area contributed by atoms with E-state index in [0.29, 0.717) is 26.3 Å². The maximum atomic E-state index is 11.9. The molecule has 0 aliphatic carbocycles. The van der Waals surface area contributed by atoms with Gasteiger partial charge in [0.25, 0.3) is 5.91 Å². The molecule has 1 saturated heterocycles. The van der Waals surface area contributed by atoms with Crippen molar-refractivity contribution in [3.05, 3.63) is 29.8 Å². The van der Waals surface area contributed by atoms with Gasteiger partial charge in [0.05, 0.1) is 13.2 Å². The third-order valence-corrected chi connectivity index (χ3v) is 3.03. The van der Waals surface area contributed by atoms with E-state index in [1.807, 2.05) is 31.3 Å². The summed E-state index contributed by atoms with van der Waals surface area (Å²) in [5.41, 5.74) is 1.19. The van der Waals surface area contributed by atoms with Crippen molar-refractivity contribution in [3.63, 3.8) is 0 Å². The first kappa shape index (κ1) is 13.8. The zero-order valence-corrected chi connectivity index (χ0v) is 11.2. The Morgan fingerprint density at radius 1 is 1.32 bits per heavy atom. The lowest BCUT2D eigenvalue weighted by Gasteiger charge is -2.26. The molecule has 2 rings (SSSR count). The average molecular weight is 264 g/mol. The second-order valence-electron chi connectivity index (χ2n) is 4.46. The summed E-state index contributed by atoms with van der Waals surface area (Å²) in [7, 11) is 1.91. The third kappa shape index (κ3) is 4.22. The highest BCUT2D eigenvalue weighted by Crippen LogP contribution is 2.12. The molecule has 1 aliphatic rings.